The molecule has 1 saturated carbocycles. The van der Waals surface area contributed by atoms with Crippen molar-refractivity contribution in [3.63, 3.8) is 0 Å². The molecule has 1 fully saturated rings. The summed E-state index contributed by atoms with van der Waals surface area (Å²) in [5.41, 5.74) is 2.41. The van der Waals surface area contributed by atoms with Crippen LogP contribution in [0.1, 0.15) is 50.4 Å². The average Bonchev–Trinajstić information content (AvgIpc) is 3.58. The van der Waals surface area contributed by atoms with Gasteiger partial charge in [-0.15, -0.1) is 11.3 Å². The molecule has 1 amide bonds. The molecule has 2 heterocycles. The van der Waals surface area contributed by atoms with E-state index in [-0.39, 0.29) is 16.1 Å². The predicted octanol–water partition coefficient (Wildman–Crippen LogP) is 4.34. The van der Waals surface area contributed by atoms with Crippen molar-refractivity contribution >= 4 is 38.1 Å². The highest BCUT2D eigenvalue weighted by Crippen LogP contribution is 2.32. The summed E-state index contributed by atoms with van der Waals surface area (Å²) in [5, 5.41) is 4.14. The van der Waals surface area contributed by atoms with Crippen molar-refractivity contribution in [1.82, 2.24) is 15.0 Å². The lowest BCUT2D eigenvalue weighted by atomic mass is 10.0. The molecule has 1 aliphatic carbocycles. The molecule has 8 nitrogen and oxygen atoms in total. The van der Waals surface area contributed by atoms with E-state index in [1.165, 1.54) is 12.1 Å². The molecule has 174 valence electrons. The van der Waals surface area contributed by atoms with Gasteiger partial charge in [0.25, 0.3) is 0 Å². The van der Waals surface area contributed by atoms with Gasteiger partial charge in [-0.3, -0.25) is 14.5 Å². The van der Waals surface area contributed by atoms with Crippen LogP contribution in [-0.4, -0.2) is 34.5 Å². The summed E-state index contributed by atoms with van der Waals surface area (Å²) >= 11 is 1.13. The number of hydrogen-bond donors (Lipinski definition) is 2. The molecule has 1 aromatic carbocycles. The molecule has 0 saturated heterocycles. The third-order valence-electron chi connectivity index (χ3n) is 5.37. The van der Waals surface area contributed by atoms with Crippen molar-refractivity contribution in [2.45, 2.75) is 50.7 Å². The quantitative estimate of drug-likeness (QED) is 0.462. The van der Waals surface area contributed by atoms with Crippen LogP contribution in [0.25, 0.3) is 11.3 Å². The second-order valence-corrected chi connectivity index (χ2v) is 10.6. The smallest absolute Gasteiger partial charge is 0.237 e. The van der Waals surface area contributed by atoms with Gasteiger partial charge in [0.1, 0.15) is 5.82 Å². The van der Waals surface area contributed by atoms with Gasteiger partial charge >= 0.3 is 0 Å². The normalized spacial score (nSPS) is 14.6. The third-order valence-corrected chi connectivity index (χ3v) is 8.10. The van der Waals surface area contributed by atoms with Gasteiger partial charge in [0.2, 0.25) is 15.9 Å². The number of carbonyl (C=O) groups excluding carboxylic acids is 1. The van der Waals surface area contributed by atoms with Gasteiger partial charge in [-0.25, -0.2) is 22.8 Å². The fourth-order valence-electron chi connectivity index (χ4n) is 3.32. The first kappa shape index (κ1) is 23.2. The minimum atomic E-state index is -3.43. The predicted molar refractivity (Wildman–Crippen MR) is 126 cm³/mol. The van der Waals surface area contributed by atoms with Crippen molar-refractivity contribution in [3.8, 4) is 11.3 Å². The Balaban J connectivity index is 1.47. The number of rotatable bonds is 9. The molecule has 11 heteroatoms. The molecule has 0 spiro atoms. The number of aryl methyl sites for hydroxylation is 1. The molecule has 2 aromatic heterocycles. The summed E-state index contributed by atoms with van der Waals surface area (Å²) in [7, 11) is -3.43. The second kappa shape index (κ2) is 9.52. The number of aromatic nitrogens is 3. The Kier molecular flexibility index (Phi) is 6.71. The van der Waals surface area contributed by atoms with E-state index in [1.807, 2.05) is 13.8 Å². The van der Waals surface area contributed by atoms with Crippen LogP contribution >= 0.6 is 11.3 Å². The van der Waals surface area contributed by atoms with E-state index in [0.717, 1.165) is 23.5 Å². The fourth-order valence-corrected chi connectivity index (χ4v) is 5.68. The summed E-state index contributed by atoms with van der Waals surface area (Å²) in [5.74, 6) is -1.65. The number of amides is 1. The lowest BCUT2D eigenvalue weighted by Crippen LogP contribution is -2.22. The first-order chi connectivity index (χ1) is 15.8. The van der Waals surface area contributed by atoms with Crippen LogP contribution in [0, 0.1) is 5.82 Å². The van der Waals surface area contributed by atoms with Gasteiger partial charge in [0.15, 0.2) is 5.13 Å². The van der Waals surface area contributed by atoms with Crippen LogP contribution in [0.15, 0.2) is 36.0 Å². The fraction of sp³-hybridized carbons (Fsp3) is 0.364. The Morgan fingerprint density at radius 2 is 2.03 bits per heavy atom. The molecule has 4 rings (SSSR count). The zero-order valence-electron chi connectivity index (χ0n) is 18.2. The Bertz CT molecular complexity index is 1270. The van der Waals surface area contributed by atoms with E-state index in [1.54, 1.807) is 23.8 Å². The molecule has 0 aliphatic heterocycles. The van der Waals surface area contributed by atoms with Gasteiger partial charge in [-0.1, -0.05) is 19.9 Å². The molecule has 2 N–H and O–H groups in total. The van der Waals surface area contributed by atoms with E-state index < -0.39 is 27.7 Å². The first-order valence-corrected chi connectivity index (χ1v) is 13.1. The summed E-state index contributed by atoms with van der Waals surface area (Å²) < 4.78 is 41.5. The zero-order valence-corrected chi connectivity index (χ0v) is 19.8. The van der Waals surface area contributed by atoms with Crippen LogP contribution < -0.4 is 10.0 Å². The largest absolute Gasteiger partial charge is 0.323 e. The van der Waals surface area contributed by atoms with Gasteiger partial charge in [-0.05, 0) is 37.8 Å². The minimum absolute atomic E-state index is 0.0479. The number of hydrogen-bond acceptors (Lipinski definition) is 7. The first-order valence-electron chi connectivity index (χ1n) is 10.7. The Morgan fingerprint density at radius 3 is 2.70 bits per heavy atom. The summed E-state index contributed by atoms with van der Waals surface area (Å²) in [6.07, 6.45) is 5.67. The highest BCUT2D eigenvalue weighted by Gasteiger charge is 2.36. The number of thiazole rings is 1. The molecule has 33 heavy (non-hydrogen) atoms. The Morgan fingerprint density at radius 1 is 1.24 bits per heavy atom. The van der Waals surface area contributed by atoms with Crippen molar-refractivity contribution in [2.24, 2.45) is 0 Å². The number of halogens is 1. The van der Waals surface area contributed by atoms with Crippen LogP contribution in [0.2, 0.25) is 0 Å². The minimum Gasteiger partial charge on any atom is -0.323 e. The van der Waals surface area contributed by atoms with Crippen molar-refractivity contribution < 1.29 is 17.6 Å². The van der Waals surface area contributed by atoms with Crippen LogP contribution in [0.5, 0.6) is 0 Å². The Hall–Kier alpha value is -2.92. The molecule has 0 radical (unpaired) electrons. The van der Waals surface area contributed by atoms with E-state index in [0.29, 0.717) is 36.2 Å². The highest BCUT2D eigenvalue weighted by molar-refractivity contribution is 7.93. The van der Waals surface area contributed by atoms with E-state index in [9.17, 15) is 17.6 Å². The topological polar surface area (TPSA) is 114 Å². The number of nitrogens with zero attached hydrogens (tertiary/aromatic N) is 3. The van der Waals surface area contributed by atoms with Gasteiger partial charge in [0, 0.05) is 17.1 Å². The number of sulfonamides is 1. The van der Waals surface area contributed by atoms with Gasteiger partial charge < -0.3 is 5.32 Å². The lowest BCUT2D eigenvalue weighted by molar-refractivity contribution is -0.117. The molecule has 1 unspecified atom stereocenters. The number of nitrogens with one attached hydrogen (secondary N) is 2. The SMILES string of the molecule is CCc1cncc(-c2ccc(NC(=O)C(CC)c3csc(NS(=O)(=O)C4CC4)n3)c(F)c2)n1. The summed E-state index contributed by atoms with van der Waals surface area (Å²) in [6, 6.07) is 4.48. The maximum atomic E-state index is 14.8. The zero-order chi connectivity index (χ0) is 23.6. The maximum absolute atomic E-state index is 14.8. The summed E-state index contributed by atoms with van der Waals surface area (Å²) in [6.45, 7) is 3.78. The summed E-state index contributed by atoms with van der Waals surface area (Å²) in [4.78, 5) is 25.7. The monoisotopic (exact) mass is 489 g/mol. The molecule has 1 aliphatic rings. The lowest BCUT2D eigenvalue weighted by Gasteiger charge is -2.14. The third kappa shape index (κ3) is 5.36. The Labute approximate surface area is 195 Å². The molecule has 1 atom stereocenters. The van der Waals surface area contributed by atoms with Crippen LogP contribution in [0.4, 0.5) is 15.2 Å². The molecular weight excluding hydrogens is 465 g/mol. The van der Waals surface area contributed by atoms with Gasteiger partial charge in [0.05, 0.1) is 40.1 Å². The second-order valence-electron chi connectivity index (χ2n) is 7.82. The number of anilines is 2. The van der Waals surface area contributed by atoms with E-state index in [2.05, 4.69) is 25.0 Å². The average molecular weight is 490 g/mol. The number of benzene rings is 1. The van der Waals surface area contributed by atoms with E-state index in [4.69, 9.17) is 0 Å². The van der Waals surface area contributed by atoms with E-state index >= 15 is 0 Å². The number of carbonyl (C=O) groups is 1. The van der Waals surface area contributed by atoms with Crippen molar-refractivity contribution in [2.75, 3.05) is 10.0 Å². The molecular formula is C22H24FN5O3S2. The maximum Gasteiger partial charge on any atom is 0.237 e. The standard InChI is InChI=1S/C22H24FN5O3S2/c1-3-14-10-24-11-19(25-14)13-5-8-18(17(23)9-13)26-21(29)16(4-2)20-12-32-22(27-20)28-33(30,31)15-6-7-15/h5,8-12,15-16H,3-4,6-7H2,1-2H3,(H,26,29)(H,27,28). The van der Waals surface area contributed by atoms with Crippen molar-refractivity contribution in [1.29, 1.82) is 0 Å². The van der Waals surface area contributed by atoms with Crippen LogP contribution in [-0.2, 0) is 21.2 Å². The van der Waals surface area contributed by atoms with Gasteiger partial charge in [-0.2, -0.15) is 0 Å². The molecule has 3 aromatic rings. The van der Waals surface area contributed by atoms with Crippen molar-refractivity contribution in [3.05, 3.63) is 53.2 Å². The van der Waals surface area contributed by atoms with Crippen LogP contribution in [0.3, 0.4) is 0 Å². The highest BCUT2D eigenvalue weighted by atomic mass is 32.2. The molecule has 0 bridgehead atoms.